The first kappa shape index (κ1) is 13.1. The third-order valence-corrected chi connectivity index (χ3v) is 3.68. The molecule has 1 aliphatic rings. The second kappa shape index (κ2) is 5.59. The number of benzene rings is 1. The van der Waals surface area contributed by atoms with Crippen LogP contribution in [0.25, 0.3) is 11.4 Å². The van der Waals surface area contributed by atoms with Crippen molar-refractivity contribution in [2.24, 2.45) is 0 Å². The summed E-state index contributed by atoms with van der Waals surface area (Å²) < 4.78 is 0. The number of quaternary nitrogens is 1. The monoisotopic (exact) mass is 269 g/mol. The van der Waals surface area contributed by atoms with Crippen LogP contribution < -0.4 is 10.2 Å². The molecule has 1 aromatic heterocycles. The number of aryl methyl sites for hydroxylation is 2. The van der Waals surface area contributed by atoms with Crippen molar-refractivity contribution in [3.05, 3.63) is 41.6 Å². The van der Waals surface area contributed by atoms with Crippen LogP contribution in [0.3, 0.4) is 0 Å². The third kappa shape index (κ3) is 2.80. The molecule has 0 spiro atoms. The van der Waals surface area contributed by atoms with Gasteiger partial charge in [0.2, 0.25) is 0 Å². The Morgan fingerprint density at radius 1 is 1.00 bits per heavy atom. The van der Waals surface area contributed by atoms with Crippen LogP contribution in [0.1, 0.15) is 11.3 Å². The van der Waals surface area contributed by atoms with E-state index in [4.69, 9.17) is 4.98 Å². The van der Waals surface area contributed by atoms with Gasteiger partial charge in [-0.3, -0.25) is 0 Å². The lowest BCUT2D eigenvalue weighted by Gasteiger charge is -2.26. The first-order chi connectivity index (χ1) is 9.72. The van der Waals surface area contributed by atoms with Crippen LogP contribution in [0.2, 0.25) is 0 Å². The number of hydrogen-bond donors (Lipinski definition) is 1. The highest BCUT2D eigenvalue weighted by Gasteiger charge is 2.15. The van der Waals surface area contributed by atoms with Crippen molar-refractivity contribution in [2.45, 2.75) is 13.8 Å². The lowest BCUT2D eigenvalue weighted by molar-refractivity contribution is -0.655. The summed E-state index contributed by atoms with van der Waals surface area (Å²) in [6.07, 6.45) is 0. The van der Waals surface area contributed by atoms with Gasteiger partial charge < -0.3 is 10.2 Å². The maximum Gasteiger partial charge on any atom is 0.161 e. The summed E-state index contributed by atoms with van der Waals surface area (Å²) in [5, 5.41) is 2.35. The summed E-state index contributed by atoms with van der Waals surface area (Å²) in [4.78, 5) is 11.7. The van der Waals surface area contributed by atoms with Crippen LogP contribution in [0, 0.1) is 13.8 Å². The summed E-state index contributed by atoms with van der Waals surface area (Å²) in [7, 11) is 0. The van der Waals surface area contributed by atoms with Gasteiger partial charge in [0.15, 0.2) is 5.82 Å². The number of hydrogen-bond acceptors (Lipinski definition) is 3. The highest BCUT2D eigenvalue weighted by molar-refractivity contribution is 5.58. The van der Waals surface area contributed by atoms with E-state index in [-0.39, 0.29) is 0 Å². The van der Waals surface area contributed by atoms with E-state index in [0.29, 0.717) is 0 Å². The average molecular weight is 269 g/mol. The number of nitrogens with zero attached hydrogens (tertiary/aromatic N) is 3. The highest BCUT2D eigenvalue weighted by Crippen LogP contribution is 2.20. The van der Waals surface area contributed by atoms with E-state index in [1.165, 1.54) is 5.56 Å². The van der Waals surface area contributed by atoms with Crippen LogP contribution in [-0.2, 0) is 0 Å². The molecule has 0 atom stereocenters. The molecular formula is C16H21N4+. The number of rotatable bonds is 2. The molecule has 2 N–H and O–H groups in total. The van der Waals surface area contributed by atoms with E-state index >= 15 is 0 Å². The predicted octanol–water partition coefficient (Wildman–Crippen LogP) is 1.14. The average Bonchev–Trinajstić information content (AvgIpc) is 2.48. The van der Waals surface area contributed by atoms with Crippen molar-refractivity contribution in [1.29, 1.82) is 0 Å². The van der Waals surface area contributed by atoms with E-state index in [1.54, 1.807) is 0 Å². The fourth-order valence-corrected chi connectivity index (χ4v) is 2.53. The fraction of sp³-hybridized carbons (Fsp3) is 0.375. The molecule has 1 saturated heterocycles. The van der Waals surface area contributed by atoms with Gasteiger partial charge in [0, 0.05) is 17.3 Å². The molecule has 3 rings (SSSR count). The van der Waals surface area contributed by atoms with Crippen LogP contribution in [0.15, 0.2) is 30.3 Å². The maximum atomic E-state index is 4.76. The molecule has 1 aromatic carbocycles. The Morgan fingerprint density at radius 3 is 2.40 bits per heavy atom. The van der Waals surface area contributed by atoms with Gasteiger partial charge in [-0.2, -0.15) is 0 Å². The van der Waals surface area contributed by atoms with Crippen molar-refractivity contribution in [1.82, 2.24) is 9.97 Å². The molecule has 0 unspecified atom stereocenters. The zero-order chi connectivity index (χ0) is 13.9. The van der Waals surface area contributed by atoms with Gasteiger partial charge in [-0.1, -0.05) is 29.8 Å². The standard InChI is InChI=1S/C16H20N4/c1-12-3-5-14(6-4-12)16-18-13(2)11-15(19-16)20-9-7-17-8-10-20/h3-6,11,17H,7-10H2,1-2H3/p+1. The minimum atomic E-state index is 0.828. The molecule has 4 nitrogen and oxygen atoms in total. The Kier molecular flexibility index (Phi) is 3.65. The largest absolute Gasteiger partial charge is 0.345 e. The maximum absolute atomic E-state index is 4.76. The van der Waals surface area contributed by atoms with Crippen LogP contribution in [-0.4, -0.2) is 36.1 Å². The van der Waals surface area contributed by atoms with E-state index in [9.17, 15) is 0 Å². The number of piperazine rings is 1. The molecule has 104 valence electrons. The Morgan fingerprint density at radius 2 is 1.70 bits per heavy atom. The second-order valence-electron chi connectivity index (χ2n) is 5.41. The zero-order valence-electron chi connectivity index (χ0n) is 12.1. The minimum Gasteiger partial charge on any atom is -0.345 e. The zero-order valence-corrected chi connectivity index (χ0v) is 12.1. The summed E-state index contributed by atoms with van der Waals surface area (Å²) >= 11 is 0. The van der Waals surface area contributed by atoms with Crippen molar-refractivity contribution in [3.63, 3.8) is 0 Å². The summed E-state index contributed by atoms with van der Waals surface area (Å²) in [5.74, 6) is 1.88. The highest BCUT2D eigenvalue weighted by atomic mass is 15.2. The molecule has 2 aromatic rings. The van der Waals surface area contributed by atoms with Gasteiger partial charge in [-0.15, -0.1) is 0 Å². The molecule has 20 heavy (non-hydrogen) atoms. The molecule has 0 bridgehead atoms. The Hall–Kier alpha value is -1.94. The molecule has 4 heteroatoms. The predicted molar refractivity (Wildman–Crippen MR) is 80.8 cm³/mol. The number of anilines is 1. The summed E-state index contributed by atoms with van der Waals surface area (Å²) in [6.45, 7) is 8.54. The van der Waals surface area contributed by atoms with Crippen LogP contribution >= 0.6 is 0 Å². The molecule has 0 radical (unpaired) electrons. The third-order valence-electron chi connectivity index (χ3n) is 3.68. The van der Waals surface area contributed by atoms with Gasteiger partial charge in [-0.25, -0.2) is 9.97 Å². The Balaban J connectivity index is 1.95. The van der Waals surface area contributed by atoms with Crippen LogP contribution in [0.4, 0.5) is 5.82 Å². The van der Waals surface area contributed by atoms with E-state index in [2.05, 4.69) is 52.5 Å². The van der Waals surface area contributed by atoms with Crippen LogP contribution in [0.5, 0.6) is 0 Å². The molecule has 0 saturated carbocycles. The first-order valence-corrected chi connectivity index (χ1v) is 7.22. The SMILES string of the molecule is Cc1ccc(-c2nc(C)cc(N3CC[NH2+]CC3)n2)cc1. The Labute approximate surface area is 119 Å². The molecule has 1 fully saturated rings. The molecule has 1 aliphatic heterocycles. The van der Waals surface area contributed by atoms with Gasteiger partial charge >= 0.3 is 0 Å². The summed E-state index contributed by atoms with van der Waals surface area (Å²) in [6, 6.07) is 10.5. The minimum absolute atomic E-state index is 0.828. The fourth-order valence-electron chi connectivity index (χ4n) is 2.53. The molecular weight excluding hydrogens is 248 g/mol. The molecule has 0 amide bonds. The Bertz CT molecular complexity index is 586. The van der Waals surface area contributed by atoms with Gasteiger partial charge in [0.25, 0.3) is 0 Å². The van der Waals surface area contributed by atoms with E-state index in [0.717, 1.165) is 49.1 Å². The van der Waals surface area contributed by atoms with Crippen molar-refractivity contribution in [3.8, 4) is 11.4 Å². The van der Waals surface area contributed by atoms with E-state index < -0.39 is 0 Å². The van der Waals surface area contributed by atoms with Gasteiger partial charge in [-0.05, 0) is 13.8 Å². The first-order valence-electron chi connectivity index (χ1n) is 7.22. The normalized spacial score (nSPS) is 15.4. The second-order valence-corrected chi connectivity index (χ2v) is 5.41. The van der Waals surface area contributed by atoms with Gasteiger partial charge in [0.05, 0.1) is 26.2 Å². The van der Waals surface area contributed by atoms with Gasteiger partial charge in [0.1, 0.15) is 5.82 Å². The van der Waals surface area contributed by atoms with E-state index in [1.807, 2.05) is 6.92 Å². The number of aromatic nitrogens is 2. The topological polar surface area (TPSA) is 45.6 Å². The van der Waals surface area contributed by atoms with Crippen molar-refractivity contribution < 1.29 is 5.32 Å². The lowest BCUT2D eigenvalue weighted by atomic mass is 10.1. The van der Waals surface area contributed by atoms with Crippen molar-refractivity contribution in [2.75, 3.05) is 31.1 Å². The quantitative estimate of drug-likeness (QED) is 0.889. The molecule has 0 aliphatic carbocycles. The van der Waals surface area contributed by atoms with Crippen molar-refractivity contribution >= 4 is 5.82 Å². The number of nitrogens with two attached hydrogens (primary N) is 1. The smallest absolute Gasteiger partial charge is 0.161 e. The summed E-state index contributed by atoms with van der Waals surface area (Å²) in [5.41, 5.74) is 3.37. The molecule has 2 heterocycles. The lowest BCUT2D eigenvalue weighted by Crippen LogP contribution is -2.89.